The summed E-state index contributed by atoms with van der Waals surface area (Å²) in [7, 11) is 4.59. The Morgan fingerprint density at radius 2 is 1.58 bits per heavy atom. The van der Waals surface area contributed by atoms with Crippen LogP contribution in [0.5, 0.6) is 17.2 Å². The molecule has 1 saturated heterocycles. The lowest BCUT2D eigenvalue weighted by Crippen LogP contribution is -2.49. The zero-order valence-electron chi connectivity index (χ0n) is 19.5. The SMILES string of the molecule is COc1cc(NC(=O)CCN2CCN(CC(=O)Nc3cc(C)on3)CC2)cc(OC)c1OC. The van der Waals surface area contributed by atoms with E-state index in [1.807, 2.05) is 0 Å². The van der Waals surface area contributed by atoms with Gasteiger partial charge in [-0.25, -0.2) is 0 Å². The average Bonchev–Trinajstić information content (AvgIpc) is 3.22. The zero-order chi connectivity index (χ0) is 23.8. The number of aryl methyl sites for hydroxylation is 1. The lowest BCUT2D eigenvalue weighted by Gasteiger charge is -2.34. The Balaban J connectivity index is 1.40. The molecule has 2 aromatic rings. The summed E-state index contributed by atoms with van der Waals surface area (Å²) in [5.41, 5.74) is 0.577. The number of carbonyl (C=O) groups excluding carboxylic acids is 2. The maximum Gasteiger partial charge on any atom is 0.239 e. The number of hydrogen-bond donors (Lipinski definition) is 2. The summed E-state index contributed by atoms with van der Waals surface area (Å²) in [6.07, 6.45) is 0.350. The third kappa shape index (κ3) is 6.83. The van der Waals surface area contributed by atoms with Crippen molar-refractivity contribution in [2.45, 2.75) is 13.3 Å². The molecule has 2 heterocycles. The first-order chi connectivity index (χ1) is 15.9. The Hall–Kier alpha value is -3.31. The van der Waals surface area contributed by atoms with Gasteiger partial charge < -0.3 is 34.3 Å². The molecule has 0 bridgehead atoms. The first kappa shape index (κ1) is 24.3. The van der Waals surface area contributed by atoms with Crippen LogP contribution in [0.25, 0.3) is 0 Å². The number of nitrogens with one attached hydrogen (secondary N) is 2. The van der Waals surface area contributed by atoms with Crippen LogP contribution in [0.15, 0.2) is 22.7 Å². The van der Waals surface area contributed by atoms with Crippen molar-refractivity contribution in [1.29, 1.82) is 0 Å². The molecule has 1 aliphatic rings. The Kier molecular flexibility index (Phi) is 8.50. The van der Waals surface area contributed by atoms with E-state index in [-0.39, 0.29) is 11.8 Å². The highest BCUT2D eigenvalue weighted by atomic mass is 16.5. The van der Waals surface area contributed by atoms with Gasteiger partial charge in [-0.3, -0.25) is 14.5 Å². The van der Waals surface area contributed by atoms with Crippen molar-refractivity contribution in [3.63, 3.8) is 0 Å². The van der Waals surface area contributed by atoms with Crippen LogP contribution < -0.4 is 24.8 Å². The predicted octanol–water partition coefficient (Wildman–Crippen LogP) is 1.59. The van der Waals surface area contributed by atoms with Crippen LogP contribution in [0.2, 0.25) is 0 Å². The molecule has 2 N–H and O–H groups in total. The minimum atomic E-state index is -0.124. The number of nitrogens with zero attached hydrogens (tertiary/aromatic N) is 3. The molecule has 0 saturated carbocycles. The van der Waals surface area contributed by atoms with Gasteiger partial charge in [-0.2, -0.15) is 0 Å². The second-order valence-corrected chi connectivity index (χ2v) is 7.70. The minimum absolute atomic E-state index is 0.103. The molecule has 3 rings (SSSR count). The molecule has 33 heavy (non-hydrogen) atoms. The van der Waals surface area contributed by atoms with Crippen molar-refractivity contribution in [1.82, 2.24) is 15.0 Å². The van der Waals surface area contributed by atoms with E-state index >= 15 is 0 Å². The molecule has 1 aromatic heterocycles. The van der Waals surface area contributed by atoms with Crippen molar-refractivity contribution in [3.8, 4) is 17.2 Å². The third-order valence-electron chi connectivity index (χ3n) is 5.33. The number of carbonyl (C=O) groups is 2. The maximum atomic E-state index is 12.5. The Morgan fingerprint density at radius 3 is 2.12 bits per heavy atom. The number of benzene rings is 1. The second kappa shape index (κ2) is 11.5. The van der Waals surface area contributed by atoms with E-state index in [0.717, 1.165) is 26.2 Å². The molecular weight excluding hydrogens is 430 g/mol. The Morgan fingerprint density at radius 1 is 0.939 bits per heavy atom. The van der Waals surface area contributed by atoms with Gasteiger partial charge in [-0.05, 0) is 6.92 Å². The molecule has 0 atom stereocenters. The van der Waals surface area contributed by atoms with E-state index < -0.39 is 0 Å². The molecular formula is C22H31N5O6. The van der Waals surface area contributed by atoms with Gasteiger partial charge in [-0.15, -0.1) is 0 Å². The maximum absolute atomic E-state index is 12.5. The number of hydrogen-bond acceptors (Lipinski definition) is 9. The van der Waals surface area contributed by atoms with Gasteiger partial charge in [0.25, 0.3) is 0 Å². The molecule has 0 radical (unpaired) electrons. The van der Waals surface area contributed by atoms with E-state index in [1.165, 1.54) is 21.3 Å². The van der Waals surface area contributed by atoms with E-state index in [2.05, 4.69) is 25.6 Å². The fourth-order valence-corrected chi connectivity index (χ4v) is 3.62. The van der Waals surface area contributed by atoms with Crippen LogP contribution in [-0.2, 0) is 9.59 Å². The average molecular weight is 462 g/mol. The minimum Gasteiger partial charge on any atom is -0.493 e. The fourth-order valence-electron chi connectivity index (χ4n) is 3.62. The molecule has 11 heteroatoms. The molecule has 1 aliphatic heterocycles. The van der Waals surface area contributed by atoms with Crippen LogP contribution in [0.3, 0.4) is 0 Å². The number of rotatable bonds is 10. The zero-order valence-corrected chi connectivity index (χ0v) is 19.5. The molecule has 0 aliphatic carbocycles. The van der Waals surface area contributed by atoms with Crippen molar-refractivity contribution in [3.05, 3.63) is 24.0 Å². The summed E-state index contributed by atoms with van der Waals surface area (Å²) >= 11 is 0. The fraction of sp³-hybridized carbons (Fsp3) is 0.500. The topological polar surface area (TPSA) is 118 Å². The van der Waals surface area contributed by atoms with E-state index in [0.29, 0.717) is 54.0 Å². The summed E-state index contributed by atoms with van der Waals surface area (Å²) in [4.78, 5) is 28.9. The highest BCUT2D eigenvalue weighted by molar-refractivity contribution is 5.92. The molecule has 1 aromatic carbocycles. The number of amides is 2. The highest BCUT2D eigenvalue weighted by Gasteiger charge is 2.20. The van der Waals surface area contributed by atoms with Gasteiger partial charge >= 0.3 is 0 Å². The smallest absolute Gasteiger partial charge is 0.239 e. The van der Waals surface area contributed by atoms with Crippen LogP contribution in [0.1, 0.15) is 12.2 Å². The summed E-state index contributed by atoms with van der Waals surface area (Å²) in [6, 6.07) is 5.08. The van der Waals surface area contributed by atoms with Crippen molar-refractivity contribution in [2.24, 2.45) is 0 Å². The summed E-state index contributed by atoms with van der Waals surface area (Å²) in [6.45, 7) is 5.77. The number of ether oxygens (including phenoxy) is 3. The number of piperazine rings is 1. The largest absolute Gasteiger partial charge is 0.493 e. The van der Waals surface area contributed by atoms with Crippen molar-refractivity contribution in [2.75, 3.05) is 71.2 Å². The third-order valence-corrected chi connectivity index (χ3v) is 5.33. The van der Waals surface area contributed by atoms with Crippen LogP contribution in [0.4, 0.5) is 11.5 Å². The van der Waals surface area contributed by atoms with E-state index in [1.54, 1.807) is 25.1 Å². The number of methoxy groups -OCH3 is 3. The van der Waals surface area contributed by atoms with Crippen LogP contribution in [-0.4, -0.2) is 87.4 Å². The van der Waals surface area contributed by atoms with E-state index in [4.69, 9.17) is 18.7 Å². The second-order valence-electron chi connectivity index (χ2n) is 7.70. The molecule has 180 valence electrons. The first-order valence-corrected chi connectivity index (χ1v) is 10.7. The Labute approximate surface area is 192 Å². The van der Waals surface area contributed by atoms with Gasteiger partial charge in [0, 0.05) is 63.0 Å². The van der Waals surface area contributed by atoms with Gasteiger partial charge in [0.1, 0.15) is 5.76 Å². The summed E-state index contributed by atoms with van der Waals surface area (Å²) in [5.74, 6) is 2.27. The molecule has 2 amide bonds. The standard InChI is InChI=1S/C22H31N5O6/c1-15-11-19(25-33-15)24-21(29)14-27-9-7-26(8-10-27)6-5-20(28)23-16-12-17(30-2)22(32-4)18(13-16)31-3/h11-13H,5-10,14H2,1-4H3,(H,23,28)(H,24,25,29). The number of anilines is 2. The van der Waals surface area contributed by atoms with Crippen LogP contribution in [0, 0.1) is 6.92 Å². The molecule has 1 fully saturated rings. The van der Waals surface area contributed by atoms with Gasteiger partial charge in [0.15, 0.2) is 17.3 Å². The lowest BCUT2D eigenvalue weighted by molar-refractivity contribution is -0.117. The van der Waals surface area contributed by atoms with Gasteiger partial charge in [0.05, 0.1) is 27.9 Å². The molecule has 0 unspecified atom stereocenters. The monoisotopic (exact) mass is 461 g/mol. The van der Waals surface area contributed by atoms with E-state index in [9.17, 15) is 9.59 Å². The summed E-state index contributed by atoms with van der Waals surface area (Å²) < 4.78 is 20.9. The lowest BCUT2D eigenvalue weighted by atomic mass is 10.2. The molecule has 0 spiro atoms. The summed E-state index contributed by atoms with van der Waals surface area (Å²) in [5, 5.41) is 9.38. The number of aromatic nitrogens is 1. The normalized spacial score (nSPS) is 14.5. The molecule has 11 nitrogen and oxygen atoms in total. The highest BCUT2D eigenvalue weighted by Crippen LogP contribution is 2.39. The van der Waals surface area contributed by atoms with Gasteiger partial charge in [0.2, 0.25) is 17.6 Å². The van der Waals surface area contributed by atoms with Gasteiger partial charge in [-0.1, -0.05) is 5.16 Å². The van der Waals surface area contributed by atoms with Crippen LogP contribution >= 0.6 is 0 Å². The van der Waals surface area contributed by atoms with Crippen molar-refractivity contribution < 1.29 is 28.3 Å². The van der Waals surface area contributed by atoms with Crippen molar-refractivity contribution >= 4 is 23.3 Å². The Bertz CT molecular complexity index is 929. The predicted molar refractivity (Wildman–Crippen MR) is 122 cm³/mol. The first-order valence-electron chi connectivity index (χ1n) is 10.7. The quantitative estimate of drug-likeness (QED) is 0.544.